The van der Waals surface area contributed by atoms with Gasteiger partial charge in [0.2, 0.25) is 0 Å². The Balaban J connectivity index is 1.94. The fourth-order valence-corrected chi connectivity index (χ4v) is 4.41. The Morgan fingerprint density at radius 1 is 1.00 bits per heavy atom. The van der Waals surface area contributed by atoms with Gasteiger partial charge in [0.05, 0.1) is 0 Å². The van der Waals surface area contributed by atoms with Crippen molar-refractivity contribution in [3.63, 3.8) is 0 Å². The van der Waals surface area contributed by atoms with Gasteiger partial charge < -0.3 is 0 Å². The van der Waals surface area contributed by atoms with Crippen LogP contribution in [0.3, 0.4) is 0 Å². The number of fused-ring (bicyclic) bond motifs is 2. The summed E-state index contributed by atoms with van der Waals surface area (Å²) in [5.41, 5.74) is 0.839. The second-order valence-electron chi connectivity index (χ2n) is 4.99. The molecule has 20 heavy (non-hydrogen) atoms. The molecule has 0 aromatic heterocycles. The summed E-state index contributed by atoms with van der Waals surface area (Å²) in [7, 11) is 0. The highest BCUT2D eigenvalue weighted by Crippen LogP contribution is 2.48. The minimum Gasteiger partial charge on any atom is -0.294 e. The van der Waals surface area contributed by atoms with Gasteiger partial charge in [-0.3, -0.25) is 4.79 Å². The van der Waals surface area contributed by atoms with Gasteiger partial charge in [0.15, 0.2) is 5.78 Å². The second-order valence-corrected chi connectivity index (χ2v) is 7.15. The number of hydrogen-bond donors (Lipinski definition) is 0. The lowest BCUT2D eigenvalue weighted by molar-refractivity contribution is 0.0927. The number of benzene rings is 2. The van der Waals surface area contributed by atoms with Crippen LogP contribution in [-0.2, 0) is 0 Å². The van der Waals surface area contributed by atoms with Crippen LogP contribution in [-0.4, -0.2) is 5.78 Å². The molecule has 1 atom stereocenters. The molecule has 0 radical (unpaired) electrons. The van der Waals surface area contributed by atoms with Gasteiger partial charge in [-0.1, -0.05) is 55.6 Å². The molecule has 0 amide bonds. The van der Waals surface area contributed by atoms with E-state index in [1.165, 1.54) is 19.6 Å². The average Bonchev–Trinajstić information content (AvgIpc) is 2.50. The van der Waals surface area contributed by atoms with Crippen molar-refractivity contribution in [3.8, 4) is 0 Å². The van der Waals surface area contributed by atoms with Crippen LogP contribution < -0.4 is 0 Å². The lowest BCUT2D eigenvalue weighted by Gasteiger charge is -2.19. The maximum Gasteiger partial charge on any atom is 0.165 e. The van der Waals surface area contributed by atoms with Crippen molar-refractivity contribution >= 4 is 29.3 Å². The summed E-state index contributed by atoms with van der Waals surface area (Å²) in [5.74, 6) is 0.348. The third-order valence-corrected chi connectivity index (χ3v) is 6.12. The zero-order valence-electron chi connectivity index (χ0n) is 11.6. The summed E-state index contributed by atoms with van der Waals surface area (Å²) in [5, 5.41) is 0. The second kappa shape index (κ2) is 5.66. The van der Waals surface area contributed by atoms with E-state index >= 15 is 0 Å². The highest BCUT2D eigenvalue weighted by atomic mass is 32.2. The summed E-state index contributed by atoms with van der Waals surface area (Å²) in [4.78, 5) is 17.3. The van der Waals surface area contributed by atoms with Crippen molar-refractivity contribution in [1.82, 2.24) is 0 Å². The third kappa shape index (κ3) is 2.52. The molecule has 0 spiro atoms. The standard InChI is InChI=1S/C17H16OS2/c1-3-11(2)17(18)12-8-9-15-16(10-12)20-14-7-5-4-6-13(14)19-15/h4-11H,3H2,1-2H3. The van der Waals surface area contributed by atoms with Crippen LogP contribution in [0.15, 0.2) is 62.0 Å². The zero-order valence-corrected chi connectivity index (χ0v) is 13.2. The zero-order chi connectivity index (χ0) is 14.1. The number of carbonyl (C=O) groups is 1. The molecule has 0 fully saturated rings. The van der Waals surface area contributed by atoms with Gasteiger partial charge >= 0.3 is 0 Å². The Bertz CT molecular complexity index is 664. The Hall–Kier alpha value is -1.19. The first-order chi connectivity index (χ1) is 9.69. The normalized spacial score (nSPS) is 14.3. The Morgan fingerprint density at radius 2 is 1.60 bits per heavy atom. The molecule has 3 rings (SSSR count). The van der Waals surface area contributed by atoms with E-state index in [0.717, 1.165) is 12.0 Å². The number of ketones is 1. The van der Waals surface area contributed by atoms with Gasteiger partial charge in [0.1, 0.15) is 0 Å². The van der Waals surface area contributed by atoms with Crippen LogP contribution in [0.5, 0.6) is 0 Å². The van der Waals surface area contributed by atoms with E-state index in [0.29, 0.717) is 0 Å². The molecule has 1 heterocycles. The van der Waals surface area contributed by atoms with Gasteiger partial charge in [-0.2, -0.15) is 0 Å². The van der Waals surface area contributed by atoms with Crippen LogP contribution in [0.25, 0.3) is 0 Å². The van der Waals surface area contributed by atoms with Crippen molar-refractivity contribution < 1.29 is 4.79 Å². The number of carbonyl (C=O) groups excluding carboxylic acids is 1. The quantitative estimate of drug-likeness (QED) is 0.592. The van der Waals surface area contributed by atoms with E-state index in [2.05, 4.69) is 43.3 Å². The van der Waals surface area contributed by atoms with Gasteiger partial charge in [-0.25, -0.2) is 0 Å². The van der Waals surface area contributed by atoms with E-state index in [9.17, 15) is 4.79 Å². The summed E-state index contributed by atoms with van der Waals surface area (Å²) in [6.45, 7) is 4.06. The topological polar surface area (TPSA) is 17.1 Å². The van der Waals surface area contributed by atoms with Crippen molar-refractivity contribution in [2.75, 3.05) is 0 Å². The predicted molar refractivity (Wildman–Crippen MR) is 84.9 cm³/mol. The summed E-state index contributed by atoms with van der Waals surface area (Å²) < 4.78 is 0. The molecule has 0 N–H and O–H groups in total. The molecule has 1 aliphatic heterocycles. The molecule has 2 aromatic carbocycles. The van der Waals surface area contributed by atoms with E-state index in [1.807, 2.05) is 13.0 Å². The average molecular weight is 300 g/mol. The molecule has 102 valence electrons. The van der Waals surface area contributed by atoms with E-state index < -0.39 is 0 Å². The number of hydrogen-bond acceptors (Lipinski definition) is 3. The molecule has 1 aliphatic rings. The monoisotopic (exact) mass is 300 g/mol. The van der Waals surface area contributed by atoms with E-state index in [1.54, 1.807) is 23.5 Å². The van der Waals surface area contributed by atoms with Crippen LogP contribution in [0.2, 0.25) is 0 Å². The van der Waals surface area contributed by atoms with Crippen LogP contribution in [0.1, 0.15) is 30.6 Å². The lowest BCUT2D eigenvalue weighted by Crippen LogP contribution is -2.10. The first-order valence-corrected chi connectivity index (χ1v) is 8.45. The lowest BCUT2D eigenvalue weighted by atomic mass is 9.97. The molecular weight excluding hydrogens is 284 g/mol. The van der Waals surface area contributed by atoms with E-state index in [4.69, 9.17) is 0 Å². The fraction of sp³-hybridized carbons (Fsp3) is 0.235. The third-order valence-electron chi connectivity index (χ3n) is 3.58. The minimum absolute atomic E-state index is 0.0987. The van der Waals surface area contributed by atoms with Crippen molar-refractivity contribution in [2.24, 2.45) is 5.92 Å². The molecule has 2 aromatic rings. The minimum atomic E-state index is 0.0987. The predicted octanol–water partition coefficient (Wildman–Crippen LogP) is 5.53. The smallest absolute Gasteiger partial charge is 0.165 e. The van der Waals surface area contributed by atoms with Gasteiger partial charge in [0.25, 0.3) is 0 Å². The Kier molecular flexibility index (Phi) is 3.90. The van der Waals surface area contributed by atoms with Crippen molar-refractivity contribution in [3.05, 3.63) is 48.0 Å². The number of Topliss-reactive ketones (excluding diaryl/α,β-unsaturated/α-hetero) is 1. The summed E-state index contributed by atoms with van der Waals surface area (Å²) >= 11 is 3.55. The molecular formula is C17H16OS2. The summed E-state index contributed by atoms with van der Waals surface area (Å²) in [6.07, 6.45) is 0.890. The van der Waals surface area contributed by atoms with E-state index in [-0.39, 0.29) is 11.7 Å². The maximum atomic E-state index is 12.3. The van der Waals surface area contributed by atoms with Gasteiger partial charge in [-0.05, 0) is 30.7 Å². The Morgan fingerprint density at radius 3 is 2.25 bits per heavy atom. The number of rotatable bonds is 3. The SMILES string of the molecule is CCC(C)C(=O)c1ccc2c(c1)Sc1ccccc1S2. The van der Waals surface area contributed by atoms with Crippen LogP contribution in [0.4, 0.5) is 0 Å². The highest BCUT2D eigenvalue weighted by Gasteiger charge is 2.19. The maximum absolute atomic E-state index is 12.3. The van der Waals surface area contributed by atoms with Crippen LogP contribution in [0, 0.1) is 5.92 Å². The molecule has 3 heteroatoms. The molecule has 0 saturated carbocycles. The Labute approximate surface area is 128 Å². The first-order valence-electron chi connectivity index (χ1n) is 6.82. The molecule has 1 nitrogen and oxygen atoms in total. The molecule has 0 saturated heterocycles. The van der Waals surface area contributed by atoms with Gasteiger partial charge in [0, 0.05) is 31.1 Å². The van der Waals surface area contributed by atoms with Crippen molar-refractivity contribution in [1.29, 1.82) is 0 Å². The molecule has 0 aliphatic carbocycles. The van der Waals surface area contributed by atoms with Crippen LogP contribution >= 0.6 is 23.5 Å². The highest BCUT2D eigenvalue weighted by molar-refractivity contribution is 8.05. The molecule has 0 bridgehead atoms. The first kappa shape index (κ1) is 13.8. The van der Waals surface area contributed by atoms with Crippen molar-refractivity contribution in [2.45, 2.75) is 39.9 Å². The largest absolute Gasteiger partial charge is 0.294 e. The fourth-order valence-electron chi connectivity index (χ4n) is 2.15. The summed E-state index contributed by atoms with van der Waals surface area (Å²) in [6, 6.07) is 14.5. The van der Waals surface area contributed by atoms with Gasteiger partial charge in [-0.15, -0.1) is 0 Å². The molecule has 1 unspecified atom stereocenters.